The van der Waals surface area contributed by atoms with Crippen LogP contribution >= 0.6 is 11.6 Å². The molecule has 1 fully saturated rings. The summed E-state index contributed by atoms with van der Waals surface area (Å²) in [7, 11) is 0. The van der Waals surface area contributed by atoms with Crippen LogP contribution in [-0.4, -0.2) is 55.7 Å². The molecule has 0 saturated carbocycles. The Labute approximate surface area is 133 Å². The van der Waals surface area contributed by atoms with Crippen LogP contribution in [0.4, 0.5) is 0 Å². The Kier molecular flexibility index (Phi) is 6.81. The van der Waals surface area contributed by atoms with Gasteiger partial charge in [0.15, 0.2) is 0 Å². The Morgan fingerprint density at radius 1 is 1.10 bits per heavy atom. The van der Waals surface area contributed by atoms with Crippen LogP contribution in [0, 0.1) is 0 Å². The maximum Gasteiger partial charge on any atom is 0.119 e. The third-order valence-corrected chi connectivity index (χ3v) is 4.57. The summed E-state index contributed by atoms with van der Waals surface area (Å²) in [4.78, 5) is 5.04. The molecule has 1 heterocycles. The number of likely N-dealkylation sites (N-methyl/N-ethyl adjacent to an activating group) is 1. The lowest BCUT2D eigenvalue weighted by Gasteiger charge is -2.33. The number of nitrogens with zero attached hydrogens (tertiary/aromatic N) is 2. The van der Waals surface area contributed by atoms with Gasteiger partial charge in [0.05, 0.1) is 6.61 Å². The van der Waals surface area contributed by atoms with Crippen LogP contribution in [0.3, 0.4) is 0 Å². The predicted molar refractivity (Wildman–Crippen MR) is 89.5 cm³/mol. The van der Waals surface area contributed by atoms with Gasteiger partial charge in [-0.1, -0.05) is 25.4 Å². The molecule has 1 aromatic rings. The molecule has 2 rings (SSSR count). The van der Waals surface area contributed by atoms with Crippen LogP contribution in [0.15, 0.2) is 18.2 Å². The Bertz CT molecular complexity index is 431. The zero-order chi connectivity index (χ0) is 15.1. The molecule has 21 heavy (non-hydrogen) atoms. The van der Waals surface area contributed by atoms with Gasteiger partial charge in [-0.25, -0.2) is 0 Å². The van der Waals surface area contributed by atoms with E-state index in [2.05, 4.69) is 29.7 Å². The highest BCUT2D eigenvalue weighted by Gasteiger charge is 2.14. The van der Waals surface area contributed by atoms with Crippen LogP contribution < -0.4 is 4.74 Å². The zero-order valence-electron chi connectivity index (χ0n) is 13.3. The van der Waals surface area contributed by atoms with E-state index in [-0.39, 0.29) is 0 Å². The second-order valence-electron chi connectivity index (χ2n) is 5.58. The normalized spacial score (nSPS) is 17.1. The van der Waals surface area contributed by atoms with E-state index in [1.165, 1.54) is 32.7 Å². The molecule has 1 aliphatic heterocycles. The van der Waals surface area contributed by atoms with Gasteiger partial charge in [-0.3, -0.25) is 0 Å². The van der Waals surface area contributed by atoms with Crippen molar-refractivity contribution in [1.29, 1.82) is 0 Å². The first-order valence-corrected chi connectivity index (χ1v) is 8.46. The molecule has 0 unspecified atom stereocenters. The molecular formula is C17H27ClN2O. The van der Waals surface area contributed by atoms with Gasteiger partial charge in [0.25, 0.3) is 0 Å². The smallest absolute Gasteiger partial charge is 0.119 e. The van der Waals surface area contributed by atoms with E-state index < -0.39 is 0 Å². The molecule has 0 radical (unpaired) electrons. The molecule has 118 valence electrons. The average molecular weight is 311 g/mol. The summed E-state index contributed by atoms with van der Waals surface area (Å²) in [6, 6.07) is 5.95. The van der Waals surface area contributed by atoms with Crippen molar-refractivity contribution in [3.63, 3.8) is 0 Å². The molecule has 1 aromatic carbocycles. The van der Waals surface area contributed by atoms with Crippen molar-refractivity contribution in [2.45, 2.75) is 26.7 Å². The number of benzene rings is 1. The van der Waals surface area contributed by atoms with Gasteiger partial charge in [0.2, 0.25) is 0 Å². The fourth-order valence-electron chi connectivity index (χ4n) is 2.72. The van der Waals surface area contributed by atoms with Crippen molar-refractivity contribution >= 4 is 11.6 Å². The lowest BCUT2D eigenvalue weighted by Crippen LogP contribution is -2.46. The number of rotatable bonds is 7. The topological polar surface area (TPSA) is 15.7 Å². The van der Waals surface area contributed by atoms with Crippen LogP contribution in [0.1, 0.15) is 25.8 Å². The Morgan fingerprint density at radius 2 is 1.81 bits per heavy atom. The molecule has 1 saturated heterocycles. The number of hydrogen-bond donors (Lipinski definition) is 0. The maximum atomic E-state index is 6.12. The molecule has 0 bridgehead atoms. The van der Waals surface area contributed by atoms with Crippen LogP contribution in [0.2, 0.25) is 5.02 Å². The van der Waals surface area contributed by atoms with E-state index in [0.717, 1.165) is 42.3 Å². The number of piperazine rings is 1. The molecule has 0 spiro atoms. The number of hydrogen-bond acceptors (Lipinski definition) is 3. The minimum absolute atomic E-state index is 0.777. The summed E-state index contributed by atoms with van der Waals surface area (Å²) < 4.78 is 5.84. The third-order valence-electron chi connectivity index (χ3n) is 4.20. The Hall–Kier alpha value is -0.770. The quantitative estimate of drug-likeness (QED) is 0.719. The predicted octanol–water partition coefficient (Wildman–Crippen LogP) is 3.31. The number of aryl methyl sites for hydroxylation is 1. The van der Waals surface area contributed by atoms with E-state index in [1.54, 1.807) is 0 Å². The minimum Gasteiger partial charge on any atom is -0.494 e. The first kappa shape index (κ1) is 16.6. The van der Waals surface area contributed by atoms with Crippen molar-refractivity contribution in [3.05, 3.63) is 28.8 Å². The average Bonchev–Trinajstić information content (AvgIpc) is 2.53. The van der Waals surface area contributed by atoms with E-state index in [0.29, 0.717) is 0 Å². The summed E-state index contributed by atoms with van der Waals surface area (Å²) in [6.07, 6.45) is 2.02. The molecule has 0 atom stereocenters. The van der Waals surface area contributed by atoms with Crippen LogP contribution in [0.5, 0.6) is 5.75 Å². The summed E-state index contributed by atoms with van der Waals surface area (Å²) in [5, 5.41) is 0.832. The van der Waals surface area contributed by atoms with Gasteiger partial charge in [-0.15, -0.1) is 0 Å². The fraction of sp³-hybridized carbons (Fsp3) is 0.647. The second kappa shape index (κ2) is 8.62. The molecule has 3 nitrogen and oxygen atoms in total. The SMILES string of the molecule is CCc1cc(OCCCN2CCN(CC)CC2)ccc1Cl. The lowest BCUT2D eigenvalue weighted by atomic mass is 10.1. The molecule has 4 heteroatoms. The largest absolute Gasteiger partial charge is 0.494 e. The summed E-state index contributed by atoms with van der Waals surface area (Å²) >= 11 is 6.12. The zero-order valence-corrected chi connectivity index (χ0v) is 14.0. The Balaban J connectivity index is 1.66. The van der Waals surface area contributed by atoms with E-state index in [4.69, 9.17) is 16.3 Å². The van der Waals surface area contributed by atoms with Gasteiger partial charge >= 0.3 is 0 Å². The van der Waals surface area contributed by atoms with Crippen molar-refractivity contribution in [1.82, 2.24) is 9.80 Å². The van der Waals surface area contributed by atoms with Gasteiger partial charge in [-0.2, -0.15) is 0 Å². The monoisotopic (exact) mass is 310 g/mol. The van der Waals surface area contributed by atoms with Crippen LogP contribution in [-0.2, 0) is 6.42 Å². The first-order chi connectivity index (χ1) is 10.2. The van der Waals surface area contributed by atoms with E-state index >= 15 is 0 Å². The standard InChI is InChI=1S/C17H27ClN2O/c1-3-15-14-16(6-7-17(15)18)21-13-5-8-20-11-9-19(4-2)10-12-20/h6-7,14H,3-5,8-13H2,1-2H3. The maximum absolute atomic E-state index is 6.12. The fourth-order valence-corrected chi connectivity index (χ4v) is 2.97. The molecule has 0 amide bonds. The van der Waals surface area contributed by atoms with Crippen molar-refractivity contribution in [2.24, 2.45) is 0 Å². The number of ether oxygens (including phenoxy) is 1. The van der Waals surface area contributed by atoms with Gasteiger partial charge in [0.1, 0.15) is 5.75 Å². The highest BCUT2D eigenvalue weighted by molar-refractivity contribution is 6.31. The summed E-state index contributed by atoms with van der Waals surface area (Å²) in [6.45, 7) is 12.2. The summed E-state index contributed by atoms with van der Waals surface area (Å²) in [5.74, 6) is 0.937. The third kappa shape index (κ3) is 5.17. The highest BCUT2D eigenvalue weighted by Crippen LogP contribution is 2.22. The van der Waals surface area contributed by atoms with Gasteiger partial charge in [0, 0.05) is 37.7 Å². The van der Waals surface area contributed by atoms with E-state index in [1.807, 2.05) is 12.1 Å². The second-order valence-corrected chi connectivity index (χ2v) is 5.99. The molecule has 1 aliphatic rings. The van der Waals surface area contributed by atoms with E-state index in [9.17, 15) is 0 Å². The van der Waals surface area contributed by atoms with Crippen LogP contribution in [0.25, 0.3) is 0 Å². The lowest BCUT2D eigenvalue weighted by molar-refractivity contribution is 0.130. The van der Waals surface area contributed by atoms with Gasteiger partial charge in [-0.05, 0) is 43.1 Å². The summed E-state index contributed by atoms with van der Waals surface area (Å²) in [5.41, 5.74) is 1.16. The molecular weight excluding hydrogens is 284 g/mol. The number of halogens is 1. The van der Waals surface area contributed by atoms with Crippen molar-refractivity contribution < 1.29 is 4.74 Å². The van der Waals surface area contributed by atoms with Crippen molar-refractivity contribution in [2.75, 3.05) is 45.9 Å². The molecule has 0 N–H and O–H groups in total. The Morgan fingerprint density at radius 3 is 2.48 bits per heavy atom. The first-order valence-electron chi connectivity index (χ1n) is 8.08. The highest BCUT2D eigenvalue weighted by atomic mass is 35.5. The minimum atomic E-state index is 0.777. The molecule has 0 aromatic heterocycles. The van der Waals surface area contributed by atoms with Gasteiger partial charge < -0.3 is 14.5 Å². The molecule has 0 aliphatic carbocycles. The van der Waals surface area contributed by atoms with Crippen molar-refractivity contribution in [3.8, 4) is 5.75 Å².